The Morgan fingerprint density at radius 2 is 1.94 bits per heavy atom. The van der Waals surface area contributed by atoms with E-state index in [0.717, 1.165) is 24.5 Å². The molecule has 1 aromatic carbocycles. The molecule has 0 bridgehead atoms. The number of carbonyl (C=O) groups is 1. The van der Waals surface area contributed by atoms with Crippen LogP contribution in [0.2, 0.25) is 0 Å². The van der Waals surface area contributed by atoms with Crippen LogP contribution in [0.5, 0.6) is 5.75 Å². The molecule has 0 atom stereocenters. The molecule has 0 spiro atoms. The maximum atomic E-state index is 12.0. The Morgan fingerprint density at radius 3 is 2.39 bits per heavy atom. The lowest BCUT2D eigenvalue weighted by molar-refractivity contribution is -0.123. The molecule has 1 heterocycles. The standard InChI is InChI=1S/C14H20N2O2/c1-10(2)18-13-6-4-12(5-7-13)16(3)14(17)11-8-15-9-11/h4-7,10-11,15H,8-9H2,1-3H3. The van der Waals surface area contributed by atoms with Gasteiger partial charge in [0.05, 0.1) is 12.0 Å². The summed E-state index contributed by atoms with van der Waals surface area (Å²) < 4.78 is 5.58. The van der Waals surface area contributed by atoms with Crippen molar-refractivity contribution in [3.8, 4) is 5.75 Å². The zero-order valence-electron chi connectivity index (χ0n) is 11.1. The number of nitrogens with one attached hydrogen (secondary N) is 1. The normalized spacial score (nSPS) is 15.3. The minimum atomic E-state index is 0.126. The van der Waals surface area contributed by atoms with Crippen LogP contribution in [0.1, 0.15) is 13.8 Å². The molecule has 0 unspecified atom stereocenters. The first-order valence-electron chi connectivity index (χ1n) is 6.33. The van der Waals surface area contributed by atoms with E-state index in [0.29, 0.717) is 0 Å². The average Bonchev–Trinajstić information content (AvgIpc) is 2.26. The highest BCUT2D eigenvalue weighted by Gasteiger charge is 2.28. The molecular weight excluding hydrogens is 228 g/mol. The van der Waals surface area contributed by atoms with Crippen LogP contribution >= 0.6 is 0 Å². The van der Waals surface area contributed by atoms with Gasteiger partial charge in [0.25, 0.3) is 0 Å². The van der Waals surface area contributed by atoms with E-state index in [4.69, 9.17) is 4.74 Å². The number of rotatable bonds is 4. The van der Waals surface area contributed by atoms with Gasteiger partial charge in [0, 0.05) is 25.8 Å². The van der Waals surface area contributed by atoms with Crippen LogP contribution in [0, 0.1) is 5.92 Å². The molecule has 4 nitrogen and oxygen atoms in total. The summed E-state index contributed by atoms with van der Waals surface area (Å²) >= 11 is 0. The third kappa shape index (κ3) is 2.82. The number of nitrogens with zero attached hydrogens (tertiary/aromatic N) is 1. The van der Waals surface area contributed by atoms with Crippen LogP contribution in [-0.4, -0.2) is 32.1 Å². The maximum Gasteiger partial charge on any atom is 0.232 e. The van der Waals surface area contributed by atoms with E-state index < -0.39 is 0 Å². The van der Waals surface area contributed by atoms with Crippen LogP contribution in [0.3, 0.4) is 0 Å². The van der Waals surface area contributed by atoms with Gasteiger partial charge in [-0.05, 0) is 38.1 Å². The summed E-state index contributed by atoms with van der Waals surface area (Å²) in [5.41, 5.74) is 0.906. The second kappa shape index (κ2) is 5.40. The molecule has 1 aliphatic rings. The van der Waals surface area contributed by atoms with Gasteiger partial charge in [-0.25, -0.2) is 0 Å². The largest absolute Gasteiger partial charge is 0.491 e. The Kier molecular flexibility index (Phi) is 3.87. The highest BCUT2D eigenvalue weighted by atomic mass is 16.5. The van der Waals surface area contributed by atoms with Crippen LogP contribution in [0.4, 0.5) is 5.69 Å². The predicted molar refractivity (Wildman–Crippen MR) is 72.0 cm³/mol. The van der Waals surface area contributed by atoms with Gasteiger partial charge in [-0.2, -0.15) is 0 Å². The lowest BCUT2D eigenvalue weighted by Crippen LogP contribution is -2.51. The molecule has 1 saturated heterocycles. The topological polar surface area (TPSA) is 41.6 Å². The third-order valence-corrected chi connectivity index (χ3v) is 3.06. The van der Waals surface area contributed by atoms with E-state index in [9.17, 15) is 4.79 Å². The minimum absolute atomic E-state index is 0.126. The first-order valence-corrected chi connectivity index (χ1v) is 6.33. The fourth-order valence-electron chi connectivity index (χ4n) is 1.88. The Hall–Kier alpha value is -1.55. The Labute approximate surface area is 108 Å². The molecule has 98 valence electrons. The van der Waals surface area contributed by atoms with Crippen LogP contribution in [0.25, 0.3) is 0 Å². The van der Waals surface area contributed by atoms with Crippen LogP contribution in [-0.2, 0) is 4.79 Å². The Balaban J connectivity index is 2.01. The van der Waals surface area contributed by atoms with Gasteiger partial charge in [-0.1, -0.05) is 0 Å². The fraction of sp³-hybridized carbons (Fsp3) is 0.500. The molecule has 18 heavy (non-hydrogen) atoms. The van der Waals surface area contributed by atoms with Crippen molar-refractivity contribution in [1.29, 1.82) is 0 Å². The minimum Gasteiger partial charge on any atom is -0.491 e. The van der Waals surface area contributed by atoms with Crippen molar-refractivity contribution in [1.82, 2.24) is 5.32 Å². The second-order valence-electron chi connectivity index (χ2n) is 4.91. The number of carbonyl (C=O) groups excluding carboxylic acids is 1. The third-order valence-electron chi connectivity index (χ3n) is 3.06. The van der Waals surface area contributed by atoms with Crippen molar-refractivity contribution in [2.75, 3.05) is 25.0 Å². The number of benzene rings is 1. The van der Waals surface area contributed by atoms with Gasteiger partial charge < -0.3 is 15.0 Å². The van der Waals surface area contributed by atoms with Gasteiger partial charge in [0.1, 0.15) is 5.75 Å². The van der Waals surface area contributed by atoms with Gasteiger partial charge in [-0.3, -0.25) is 4.79 Å². The highest BCUT2D eigenvalue weighted by molar-refractivity contribution is 5.95. The van der Waals surface area contributed by atoms with Gasteiger partial charge >= 0.3 is 0 Å². The van der Waals surface area contributed by atoms with E-state index in [1.54, 1.807) is 4.90 Å². The Bertz CT molecular complexity index is 410. The van der Waals surface area contributed by atoms with Crippen molar-refractivity contribution in [3.63, 3.8) is 0 Å². The summed E-state index contributed by atoms with van der Waals surface area (Å²) in [7, 11) is 1.82. The Morgan fingerprint density at radius 1 is 1.33 bits per heavy atom. The zero-order chi connectivity index (χ0) is 13.1. The summed E-state index contributed by atoms with van der Waals surface area (Å²) in [5.74, 6) is 1.13. The van der Waals surface area contributed by atoms with E-state index >= 15 is 0 Å². The van der Waals surface area contributed by atoms with Crippen molar-refractivity contribution >= 4 is 11.6 Å². The summed E-state index contributed by atoms with van der Waals surface area (Å²) in [5, 5.41) is 3.11. The van der Waals surface area contributed by atoms with Gasteiger partial charge in [0.15, 0.2) is 0 Å². The van der Waals surface area contributed by atoms with Gasteiger partial charge in [0.2, 0.25) is 5.91 Å². The summed E-state index contributed by atoms with van der Waals surface area (Å²) in [4.78, 5) is 13.8. The first-order chi connectivity index (χ1) is 8.58. The fourth-order valence-corrected chi connectivity index (χ4v) is 1.88. The maximum absolute atomic E-state index is 12.0. The van der Waals surface area contributed by atoms with E-state index in [-0.39, 0.29) is 17.9 Å². The van der Waals surface area contributed by atoms with Crippen LogP contribution < -0.4 is 15.0 Å². The second-order valence-corrected chi connectivity index (χ2v) is 4.91. The average molecular weight is 248 g/mol. The number of anilines is 1. The SMILES string of the molecule is CC(C)Oc1ccc(N(C)C(=O)C2CNC2)cc1. The molecular formula is C14H20N2O2. The molecule has 0 aromatic heterocycles. The summed E-state index contributed by atoms with van der Waals surface area (Å²) in [6, 6.07) is 7.64. The molecule has 1 N–H and O–H groups in total. The summed E-state index contributed by atoms with van der Waals surface area (Å²) in [6.07, 6.45) is 0.163. The number of hydrogen-bond acceptors (Lipinski definition) is 3. The number of amides is 1. The predicted octanol–water partition coefficient (Wildman–Crippen LogP) is 1.66. The number of ether oxygens (including phenoxy) is 1. The quantitative estimate of drug-likeness (QED) is 0.881. The lowest BCUT2D eigenvalue weighted by Gasteiger charge is -2.30. The van der Waals surface area contributed by atoms with E-state index in [1.807, 2.05) is 45.2 Å². The molecule has 0 aliphatic carbocycles. The number of hydrogen-bond donors (Lipinski definition) is 1. The van der Waals surface area contributed by atoms with E-state index in [2.05, 4.69) is 5.32 Å². The van der Waals surface area contributed by atoms with E-state index in [1.165, 1.54) is 0 Å². The molecule has 0 radical (unpaired) electrons. The zero-order valence-corrected chi connectivity index (χ0v) is 11.1. The molecule has 2 rings (SSSR count). The molecule has 0 saturated carbocycles. The molecule has 1 aromatic rings. The van der Waals surface area contributed by atoms with Crippen molar-refractivity contribution in [2.24, 2.45) is 5.92 Å². The first kappa shape index (κ1) is 12.9. The molecule has 1 amide bonds. The highest BCUT2D eigenvalue weighted by Crippen LogP contribution is 2.21. The van der Waals surface area contributed by atoms with Crippen molar-refractivity contribution in [2.45, 2.75) is 20.0 Å². The van der Waals surface area contributed by atoms with Gasteiger partial charge in [-0.15, -0.1) is 0 Å². The molecule has 1 aliphatic heterocycles. The summed E-state index contributed by atoms with van der Waals surface area (Å²) in [6.45, 7) is 5.57. The van der Waals surface area contributed by atoms with Crippen molar-refractivity contribution in [3.05, 3.63) is 24.3 Å². The lowest BCUT2D eigenvalue weighted by atomic mass is 10.0. The van der Waals surface area contributed by atoms with Crippen molar-refractivity contribution < 1.29 is 9.53 Å². The van der Waals surface area contributed by atoms with Crippen LogP contribution in [0.15, 0.2) is 24.3 Å². The molecule has 4 heteroatoms. The molecule has 1 fully saturated rings. The smallest absolute Gasteiger partial charge is 0.232 e. The monoisotopic (exact) mass is 248 g/mol.